The quantitative estimate of drug-likeness (QED) is 0.767. The van der Waals surface area contributed by atoms with E-state index in [4.69, 9.17) is 10.5 Å². The molecule has 5 nitrogen and oxygen atoms in total. The van der Waals surface area contributed by atoms with Crippen LogP contribution in [0.4, 0.5) is 0 Å². The minimum absolute atomic E-state index is 0.206. The van der Waals surface area contributed by atoms with E-state index in [0.29, 0.717) is 12.6 Å². The van der Waals surface area contributed by atoms with Crippen LogP contribution in [0, 0.1) is 0 Å². The summed E-state index contributed by atoms with van der Waals surface area (Å²) in [6.45, 7) is 6.99. The first-order valence-electron chi connectivity index (χ1n) is 8.06. The summed E-state index contributed by atoms with van der Waals surface area (Å²) in [7, 11) is 0. The van der Waals surface area contributed by atoms with E-state index >= 15 is 0 Å². The Morgan fingerprint density at radius 3 is 2.85 bits per heavy atom. The Labute approximate surface area is 121 Å². The number of hydrogen-bond acceptors (Lipinski definition) is 5. The van der Waals surface area contributed by atoms with E-state index in [1.54, 1.807) is 0 Å². The lowest BCUT2D eigenvalue weighted by atomic mass is 9.98. The number of nitrogens with two attached hydrogens (primary N) is 1. The Morgan fingerprint density at radius 2 is 2.05 bits per heavy atom. The van der Waals surface area contributed by atoms with E-state index in [1.807, 2.05) is 6.92 Å². The summed E-state index contributed by atoms with van der Waals surface area (Å²) in [5.74, 6) is -0.206. The molecule has 1 saturated carbocycles. The molecule has 0 aromatic rings. The van der Waals surface area contributed by atoms with Crippen LogP contribution in [0.5, 0.6) is 0 Å². The molecule has 1 aliphatic carbocycles. The Bertz CT molecular complexity index is 376. The first-order valence-corrected chi connectivity index (χ1v) is 8.06. The zero-order valence-electron chi connectivity index (χ0n) is 12.5. The number of esters is 1. The van der Waals surface area contributed by atoms with Crippen molar-refractivity contribution in [1.29, 1.82) is 0 Å². The molecule has 0 radical (unpaired) electrons. The number of piperazine rings is 1. The van der Waals surface area contributed by atoms with Gasteiger partial charge in [-0.3, -0.25) is 14.6 Å². The minimum atomic E-state index is -0.743. The summed E-state index contributed by atoms with van der Waals surface area (Å²) in [6, 6.07) is 1.20. The van der Waals surface area contributed by atoms with Crippen molar-refractivity contribution in [2.75, 3.05) is 32.8 Å². The van der Waals surface area contributed by atoms with Crippen molar-refractivity contribution in [3.8, 4) is 0 Å². The van der Waals surface area contributed by atoms with Gasteiger partial charge >= 0.3 is 5.97 Å². The van der Waals surface area contributed by atoms with E-state index in [2.05, 4.69) is 9.80 Å². The van der Waals surface area contributed by atoms with Crippen LogP contribution >= 0.6 is 0 Å². The first-order chi connectivity index (χ1) is 9.62. The maximum absolute atomic E-state index is 12.0. The topological polar surface area (TPSA) is 58.8 Å². The van der Waals surface area contributed by atoms with Gasteiger partial charge in [0.05, 0.1) is 6.61 Å². The molecule has 2 heterocycles. The van der Waals surface area contributed by atoms with Gasteiger partial charge < -0.3 is 10.5 Å². The average molecular weight is 281 g/mol. The molecule has 114 valence electrons. The molecule has 0 spiro atoms. The Hall–Kier alpha value is -0.650. The Kier molecular flexibility index (Phi) is 4.02. The van der Waals surface area contributed by atoms with Gasteiger partial charge in [0, 0.05) is 31.7 Å². The molecular weight excluding hydrogens is 254 g/mol. The molecule has 2 saturated heterocycles. The fraction of sp³-hybridized carbons (Fsp3) is 0.933. The summed E-state index contributed by atoms with van der Waals surface area (Å²) in [5, 5.41) is 0. The normalized spacial score (nSPS) is 38.9. The molecule has 20 heavy (non-hydrogen) atoms. The third kappa shape index (κ3) is 2.59. The number of carbonyl (C=O) groups excluding carboxylic acids is 1. The van der Waals surface area contributed by atoms with Crippen LogP contribution < -0.4 is 5.73 Å². The van der Waals surface area contributed by atoms with Crippen LogP contribution in [0.15, 0.2) is 0 Å². The van der Waals surface area contributed by atoms with Gasteiger partial charge in [-0.1, -0.05) is 0 Å². The van der Waals surface area contributed by atoms with Gasteiger partial charge in [0.2, 0.25) is 0 Å². The van der Waals surface area contributed by atoms with Crippen molar-refractivity contribution >= 4 is 5.97 Å². The number of hydrogen-bond donors (Lipinski definition) is 1. The number of ether oxygens (including phenoxy) is 1. The van der Waals surface area contributed by atoms with Gasteiger partial charge in [-0.15, -0.1) is 0 Å². The largest absolute Gasteiger partial charge is 0.465 e. The van der Waals surface area contributed by atoms with E-state index in [0.717, 1.165) is 38.4 Å². The van der Waals surface area contributed by atoms with E-state index in [9.17, 15) is 4.79 Å². The molecule has 3 fully saturated rings. The lowest BCUT2D eigenvalue weighted by molar-refractivity contribution is -0.149. The highest BCUT2D eigenvalue weighted by Crippen LogP contribution is 2.34. The fourth-order valence-corrected chi connectivity index (χ4v) is 4.17. The summed E-state index contributed by atoms with van der Waals surface area (Å²) >= 11 is 0. The highest BCUT2D eigenvalue weighted by atomic mass is 16.5. The van der Waals surface area contributed by atoms with Crippen molar-refractivity contribution in [3.05, 3.63) is 0 Å². The molecule has 3 atom stereocenters. The molecule has 3 rings (SSSR count). The molecule has 0 aromatic heterocycles. The van der Waals surface area contributed by atoms with Crippen molar-refractivity contribution in [3.63, 3.8) is 0 Å². The smallest absolute Gasteiger partial charge is 0.326 e. The number of carbonyl (C=O) groups is 1. The van der Waals surface area contributed by atoms with Crippen LogP contribution in [0.3, 0.4) is 0 Å². The van der Waals surface area contributed by atoms with Crippen LogP contribution in [0.2, 0.25) is 0 Å². The monoisotopic (exact) mass is 281 g/mol. The highest BCUT2D eigenvalue weighted by Gasteiger charge is 2.46. The van der Waals surface area contributed by atoms with Crippen LogP contribution in [-0.2, 0) is 9.53 Å². The van der Waals surface area contributed by atoms with Gasteiger partial charge in [0.25, 0.3) is 0 Å². The molecule has 0 aromatic carbocycles. The van der Waals surface area contributed by atoms with Gasteiger partial charge in [0.15, 0.2) is 0 Å². The predicted octanol–water partition coefficient (Wildman–Crippen LogP) is 0.580. The van der Waals surface area contributed by atoms with Crippen molar-refractivity contribution in [1.82, 2.24) is 9.80 Å². The summed E-state index contributed by atoms with van der Waals surface area (Å²) in [6.07, 6.45) is 5.23. The summed E-state index contributed by atoms with van der Waals surface area (Å²) in [4.78, 5) is 17.2. The molecule has 3 unspecified atom stereocenters. The second-order valence-electron chi connectivity index (χ2n) is 6.60. The molecule has 0 bridgehead atoms. The second kappa shape index (κ2) is 5.62. The molecule has 2 N–H and O–H groups in total. The number of nitrogens with zero attached hydrogens (tertiary/aromatic N) is 2. The number of fused-ring (bicyclic) bond motifs is 1. The Balaban J connectivity index is 1.58. The Morgan fingerprint density at radius 1 is 1.25 bits per heavy atom. The van der Waals surface area contributed by atoms with Crippen LogP contribution in [0.1, 0.15) is 39.0 Å². The SMILES string of the molecule is CCOC(=O)C1(N)CCC(N2CCN3CCCC3C2)C1. The zero-order valence-corrected chi connectivity index (χ0v) is 12.5. The molecule has 3 aliphatic rings. The molecular formula is C15H27N3O2. The fourth-order valence-electron chi connectivity index (χ4n) is 4.17. The summed E-state index contributed by atoms with van der Waals surface area (Å²) < 4.78 is 5.14. The van der Waals surface area contributed by atoms with Crippen LogP contribution in [0.25, 0.3) is 0 Å². The number of rotatable bonds is 3. The third-order valence-corrected chi connectivity index (χ3v) is 5.34. The third-order valence-electron chi connectivity index (χ3n) is 5.34. The zero-order chi connectivity index (χ0) is 14.2. The van der Waals surface area contributed by atoms with E-state index in [-0.39, 0.29) is 5.97 Å². The van der Waals surface area contributed by atoms with Gasteiger partial charge in [-0.25, -0.2) is 0 Å². The average Bonchev–Trinajstić information content (AvgIpc) is 3.05. The van der Waals surface area contributed by atoms with Gasteiger partial charge in [-0.05, 0) is 45.6 Å². The maximum Gasteiger partial charge on any atom is 0.326 e. The van der Waals surface area contributed by atoms with Crippen LogP contribution in [-0.4, -0.2) is 66.2 Å². The highest BCUT2D eigenvalue weighted by molar-refractivity contribution is 5.81. The first kappa shape index (κ1) is 14.3. The predicted molar refractivity (Wildman–Crippen MR) is 77.4 cm³/mol. The molecule has 5 heteroatoms. The van der Waals surface area contributed by atoms with Gasteiger partial charge in [0.1, 0.15) is 5.54 Å². The molecule has 2 aliphatic heterocycles. The van der Waals surface area contributed by atoms with E-state index < -0.39 is 5.54 Å². The molecule has 0 amide bonds. The van der Waals surface area contributed by atoms with E-state index in [1.165, 1.54) is 25.9 Å². The lowest BCUT2D eigenvalue weighted by Gasteiger charge is -2.40. The van der Waals surface area contributed by atoms with Crippen molar-refractivity contribution < 1.29 is 9.53 Å². The maximum atomic E-state index is 12.0. The van der Waals surface area contributed by atoms with Crippen molar-refractivity contribution in [2.24, 2.45) is 5.73 Å². The lowest BCUT2D eigenvalue weighted by Crippen LogP contribution is -2.54. The second-order valence-corrected chi connectivity index (χ2v) is 6.60. The minimum Gasteiger partial charge on any atom is -0.465 e. The standard InChI is InChI=1S/C15H27N3O2/c1-2-20-14(19)15(16)6-5-12(10-15)18-9-8-17-7-3-4-13(17)11-18/h12-13H,2-11,16H2,1H3. The van der Waals surface area contributed by atoms with Gasteiger partial charge in [-0.2, -0.15) is 0 Å². The summed E-state index contributed by atoms with van der Waals surface area (Å²) in [5.41, 5.74) is 5.54. The van der Waals surface area contributed by atoms with Crippen molar-refractivity contribution in [2.45, 2.75) is 56.7 Å².